The first kappa shape index (κ1) is 16.1. The zero-order chi connectivity index (χ0) is 17.2. The molecule has 1 N–H and O–H groups in total. The number of rotatable bonds is 6. The first-order valence-electron chi connectivity index (χ1n) is 8.98. The maximum absolute atomic E-state index is 12.2. The number of carbonyl (C=O) groups is 1. The van der Waals surface area contributed by atoms with E-state index in [0.717, 1.165) is 17.4 Å². The average Bonchev–Trinajstić information content (AvgIpc) is 3.37. The zero-order valence-electron chi connectivity index (χ0n) is 14.4. The molecule has 2 saturated carbocycles. The van der Waals surface area contributed by atoms with Crippen LogP contribution in [0.4, 0.5) is 0 Å². The highest BCUT2D eigenvalue weighted by atomic mass is 16.5. The van der Waals surface area contributed by atoms with E-state index in [-0.39, 0.29) is 18.6 Å². The first-order valence-corrected chi connectivity index (χ1v) is 8.98. The highest BCUT2D eigenvalue weighted by Crippen LogP contribution is 2.49. The molecule has 2 aliphatic carbocycles. The highest BCUT2D eigenvalue weighted by Gasteiger charge is 2.42. The first-order chi connectivity index (χ1) is 12.2. The van der Waals surface area contributed by atoms with Gasteiger partial charge in [0.05, 0.1) is 0 Å². The predicted octanol–water partition coefficient (Wildman–Crippen LogP) is 3.06. The molecule has 1 heterocycles. The quantitative estimate of drug-likeness (QED) is 0.874. The van der Waals surface area contributed by atoms with Crippen LogP contribution in [0.1, 0.15) is 32.6 Å². The summed E-state index contributed by atoms with van der Waals surface area (Å²) < 4.78 is 10.7. The average molecular weight is 341 g/mol. The van der Waals surface area contributed by atoms with Gasteiger partial charge in [0, 0.05) is 11.6 Å². The van der Waals surface area contributed by atoms with E-state index in [9.17, 15) is 4.79 Å². The van der Waals surface area contributed by atoms with E-state index in [1.165, 1.54) is 32.1 Å². The molecule has 2 bridgehead atoms. The van der Waals surface area contributed by atoms with Crippen molar-refractivity contribution < 1.29 is 13.9 Å². The van der Waals surface area contributed by atoms with Gasteiger partial charge in [-0.25, -0.2) is 0 Å². The molecule has 25 heavy (non-hydrogen) atoms. The Morgan fingerprint density at radius 2 is 2.16 bits per heavy atom. The molecule has 0 spiro atoms. The van der Waals surface area contributed by atoms with Gasteiger partial charge in [0.2, 0.25) is 12.3 Å². The molecular formula is C19H23N3O3. The van der Waals surface area contributed by atoms with Gasteiger partial charge in [0.25, 0.3) is 5.91 Å². The van der Waals surface area contributed by atoms with Crippen LogP contribution in [0.5, 0.6) is 5.75 Å². The van der Waals surface area contributed by atoms with E-state index in [1.54, 1.807) is 12.1 Å². The number of benzene rings is 1. The number of amides is 1. The summed E-state index contributed by atoms with van der Waals surface area (Å²) in [5, 5.41) is 10.6. The topological polar surface area (TPSA) is 77.2 Å². The molecule has 2 aliphatic rings. The Hall–Kier alpha value is -2.37. The fourth-order valence-corrected chi connectivity index (χ4v) is 4.45. The molecule has 0 saturated heterocycles. The minimum absolute atomic E-state index is 0.0328. The third kappa shape index (κ3) is 3.52. The van der Waals surface area contributed by atoms with Crippen molar-refractivity contribution in [3.05, 3.63) is 30.7 Å². The number of aromatic nitrogens is 2. The van der Waals surface area contributed by atoms with Crippen LogP contribution in [0, 0.1) is 17.8 Å². The van der Waals surface area contributed by atoms with Crippen LogP contribution in [0.2, 0.25) is 0 Å². The minimum Gasteiger partial charge on any atom is -0.484 e. The third-order valence-corrected chi connectivity index (χ3v) is 5.65. The van der Waals surface area contributed by atoms with Gasteiger partial charge in [-0.2, -0.15) is 0 Å². The molecule has 4 atom stereocenters. The Balaban J connectivity index is 1.26. The summed E-state index contributed by atoms with van der Waals surface area (Å²) in [5.74, 6) is 3.38. The lowest BCUT2D eigenvalue weighted by atomic mass is 9.84. The molecule has 6 nitrogen and oxygen atoms in total. The minimum atomic E-state index is -0.0590. The molecule has 0 aliphatic heterocycles. The molecule has 4 rings (SSSR count). The highest BCUT2D eigenvalue weighted by molar-refractivity contribution is 5.77. The fraction of sp³-hybridized carbons (Fsp3) is 0.526. The summed E-state index contributed by atoms with van der Waals surface area (Å²) in [6.07, 6.45) is 6.63. The Kier molecular flexibility index (Phi) is 4.42. The standard InChI is InChI=1S/C19H23N3O3/c1-12(17-9-13-2-3-15(17)8-13)21-18(23)10-24-16-6-4-14(5-7-16)19-22-20-11-25-19/h4-7,11-13,15,17H,2-3,8-10H2,1H3,(H,21,23)/t12-,13-,15-,17+/m0/s1. The molecule has 6 heteroatoms. The van der Waals surface area contributed by atoms with Gasteiger partial charge >= 0.3 is 0 Å². The summed E-state index contributed by atoms with van der Waals surface area (Å²) in [7, 11) is 0. The summed E-state index contributed by atoms with van der Waals surface area (Å²) >= 11 is 0. The largest absolute Gasteiger partial charge is 0.484 e. The number of ether oxygens (including phenoxy) is 1. The van der Waals surface area contributed by atoms with E-state index >= 15 is 0 Å². The van der Waals surface area contributed by atoms with Crippen LogP contribution >= 0.6 is 0 Å². The fourth-order valence-electron chi connectivity index (χ4n) is 4.45. The summed E-state index contributed by atoms with van der Waals surface area (Å²) in [6, 6.07) is 7.49. The van der Waals surface area contributed by atoms with E-state index in [0.29, 0.717) is 17.6 Å². The van der Waals surface area contributed by atoms with Gasteiger partial charge in [0.15, 0.2) is 6.61 Å². The maximum Gasteiger partial charge on any atom is 0.258 e. The van der Waals surface area contributed by atoms with Crippen molar-refractivity contribution in [3.63, 3.8) is 0 Å². The van der Waals surface area contributed by atoms with E-state index in [1.807, 2.05) is 12.1 Å². The molecular weight excluding hydrogens is 318 g/mol. The van der Waals surface area contributed by atoms with Crippen molar-refractivity contribution in [3.8, 4) is 17.2 Å². The number of nitrogens with zero attached hydrogens (tertiary/aromatic N) is 2. The Morgan fingerprint density at radius 3 is 2.80 bits per heavy atom. The van der Waals surface area contributed by atoms with Gasteiger partial charge in [-0.3, -0.25) is 4.79 Å². The number of nitrogens with one attached hydrogen (secondary N) is 1. The van der Waals surface area contributed by atoms with Crippen LogP contribution in [0.25, 0.3) is 11.5 Å². The Labute approximate surface area is 147 Å². The second-order valence-electron chi connectivity index (χ2n) is 7.25. The molecule has 1 amide bonds. The van der Waals surface area contributed by atoms with Crippen LogP contribution in [-0.4, -0.2) is 28.8 Å². The van der Waals surface area contributed by atoms with Crippen molar-refractivity contribution in [2.24, 2.45) is 17.8 Å². The lowest BCUT2D eigenvalue weighted by Crippen LogP contribution is -2.42. The van der Waals surface area contributed by atoms with E-state index in [2.05, 4.69) is 22.4 Å². The van der Waals surface area contributed by atoms with Crippen LogP contribution in [-0.2, 0) is 4.79 Å². The second-order valence-corrected chi connectivity index (χ2v) is 7.25. The van der Waals surface area contributed by atoms with Crippen molar-refractivity contribution in [2.75, 3.05) is 6.61 Å². The Morgan fingerprint density at radius 1 is 1.32 bits per heavy atom. The normalized spacial score (nSPS) is 25.7. The molecule has 0 unspecified atom stereocenters. The third-order valence-electron chi connectivity index (χ3n) is 5.65. The SMILES string of the molecule is C[C@H](NC(=O)COc1ccc(-c2nnco2)cc1)[C@H]1C[C@H]2CC[C@H]1C2. The van der Waals surface area contributed by atoms with Crippen molar-refractivity contribution in [1.29, 1.82) is 0 Å². The van der Waals surface area contributed by atoms with Gasteiger partial charge in [-0.05, 0) is 68.2 Å². The van der Waals surface area contributed by atoms with Crippen molar-refractivity contribution >= 4 is 5.91 Å². The Bertz CT molecular complexity index is 714. The molecule has 0 radical (unpaired) electrons. The van der Waals surface area contributed by atoms with Crippen LogP contribution in [0.3, 0.4) is 0 Å². The molecule has 2 fully saturated rings. The van der Waals surface area contributed by atoms with E-state index in [4.69, 9.17) is 9.15 Å². The predicted molar refractivity (Wildman–Crippen MR) is 91.8 cm³/mol. The number of hydrogen-bond acceptors (Lipinski definition) is 5. The van der Waals surface area contributed by atoms with Gasteiger partial charge < -0.3 is 14.5 Å². The molecule has 1 aromatic carbocycles. The van der Waals surface area contributed by atoms with Crippen LogP contribution < -0.4 is 10.1 Å². The lowest BCUT2D eigenvalue weighted by molar-refractivity contribution is -0.124. The van der Waals surface area contributed by atoms with Crippen molar-refractivity contribution in [2.45, 2.75) is 38.6 Å². The smallest absolute Gasteiger partial charge is 0.258 e. The number of fused-ring (bicyclic) bond motifs is 2. The van der Waals surface area contributed by atoms with E-state index < -0.39 is 0 Å². The van der Waals surface area contributed by atoms with Gasteiger partial charge in [0.1, 0.15) is 5.75 Å². The van der Waals surface area contributed by atoms with Crippen molar-refractivity contribution in [1.82, 2.24) is 15.5 Å². The van der Waals surface area contributed by atoms with Gasteiger partial charge in [-0.15, -0.1) is 10.2 Å². The summed E-state index contributed by atoms with van der Waals surface area (Å²) in [5.41, 5.74) is 0.819. The lowest BCUT2D eigenvalue weighted by Gasteiger charge is -2.28. The van der Waals surface area contributed by atoms with Crippen LogP contribution in [0.15, 0.2) is 35.1 Å². The zero-order valence-corrected chi connectivity index (χ0v) is 14.4. The summed E-state index contributed by atoms with van der Waals surface area (Å²) in [6.45, 7) is 2.16. The second kappa shape index (κ2) is 6.86. The molecule has 1 aromatic heterocycles. The number of hydrogen-bond donors (Lipinski definition) is 1. The number of carbonyl (C=O) groups excluding carboxylic acids is 1. The maximum atomic E-state index is 12.2. The van der Waals surface area contributed by atoms with Gasteiger partial charge in [-0.1, -0.05) is 6.42 Å². The monoisotopic (exact) mass is 341 g/mol. The summed E-state index contributed by atoms with van der Waals surface area (Å²) in [4.78, 5) is 12.2. The molecule has 2 aromatic rings. The molecule has 132 valence electrons.